The van der Waals surface area contributed by atoms with Crippen molar-refractivity contribution in [3.63, 3.8) is 0 Å². The van der Waals surface area contributed by atoms with Gasteiger partial charge in [-0.1, -0.05) is 29.8 Å². The fourth-order valence-electron chi connectivity index (χ4n) is 2.49. The van der Waals surface area contributed by atoms with Gasteiger partial charge in [-0.3, -0.25) is 9.52 Å². The van der Waals surface area contributed by atoms with E-state index in [0.29, 0.717) is 28.4 Å². The second kappa shape index (κ2) is 6.22. The first-order chi connectivity index (χ1) is 10.9. The Bertz CT molecular complexity index is 848. The first-order valence-electron chi connectivity index (χ1n) is 7.09. The number of nitrogens with one attached hydrogen (secondary N) is 2. The van der Waals surface area contributed by atoms with Gasteiger partial charge in [0.2, 0.25) is 10.0 Å². The number of fused-ring (bicyclic) bond motifs is 1. The molecule has 2 N–H and O–H groups in total. The van der Waals surface area contributed by atoms with Crippen molar-refractivity contribution in [2.45, 2.75) is 12.2 Å². The normalized spacial score (nSPS) is 14.0. The van der Waals surface area contributed by atoms with Crippen molar-refractivity contribution in [1.29, 1.82) is 0 Å². The first kappa shape index (κ1) is 15.8. The predicted octanol–water partition coefficient (Wildman–Crippen LogP) is 2.57. The number of hydrogen-bond acceptors (Lipinski definition) is 3. The molecule has 0 aromatic heterocycles. The zero-order chi connectivity index (χ0) is 16.4. The topological polar surface area (TPSA) is 75.3 Å². The van der Waals surface area contributed by atoms with Crippen molar-refractivity contribution in [2.75, 3.05) is 11.3 Å². The molecule has 0 fully saturated rings. The minimum absolute atomic E-state index is 0.159. The average molecular weight is 351 g/mol. The summed E-state index contributed by atoms with van der Waals surface area (Å²) in [6.45, 7) is 0.605. The van der Waals surface area contributed by atoms with Gasteiger partial charge in [0.25, 0.3) is 5.91 Å². The minimum atomic E-state index is -3.57. The van der Waals surface area contributed by atoms with Gasteiger partial charge < -0.3 is 5.32 Å². The van der Waals surface area contributed by atoms with Crippen LogP contribution in [0.2, 0.25) is 5.02 Å². The Balaban J connectivity index is 1.79. The number of halogens is 1. The van der Waals surface area contributed by atoms with Crippen molar-refractivity contribution < 1.29 is 13.2 Å². The molecule has 1 aliphatic rings. The van der Waals surface area contributed by atoms with Gasteiger partial charge in [-0.15, -0.1) is 0 Å². The molecule has 0 saturated carbocycles. The van der Waals surface area contributed by atoms with Crippen LogP contribution in [0.25, 0.3) is 0 Å². The third-order valence-corrected chi connectivity index (χ3v) is 5.09. The van der Waals surface area contributed by atoms with E-state index in [4.69, 9.17) is 11.6 Å². The summed E-state index contributed by atoms with van der Waals surface area (Å²) in [6, 6.07) is 11.7. The zero-order valence-electron chi connectivity index (χ0n) is 12.2. The molecule has 0 radical (unpaired) electrons. The van der Waals surface area contributed by atoms with Crippen LogP contribution < -0.4 is 10.0 Å². The van der Waals surface area contributed by atoms with Crippen molar-refractivity contribution in [2.24, 2.45) is 0 Å². The predicted molar refractivity (Wildman–Crippen MR) is 90.2 cm³/mol. The van der Waals surface area contributed by atoms with E-state index in [2.05, 4.69) is 10.0 Å². The first-order valence-corrected chi connectivity index (χ1v) is 9.12. The lowest BCUT2D eigenvalue weighted by atomic mass is 10.00. The summed E-state index contributed by atoms with van der Waals surface area (Å²) >= 11 is 5.79. The fourth-order valence-corrected chi connectivity index (χ4v) is 3.81. The Morgan fingerprint density at radius 2 is 1.87 bits per heavy atom. The van der Waals surface area contributed by atoms with Gasteiger partial charge in [-0.2, -0.15) is 0 Å². The van der Waals surface area contributed by atoms with E-state index < -0.39 is 10.0 Å². The van der Waals surface area contributed by atoms with Crippen molar-refractivity contribution in [3.05, 3.63) is 64.2 Å². The lowest BCUT2D eigenvalue weighted by Gasteiger charge is -2.17. The van der Waals surface area contributed by atoms with Gasteiger partial charge in [0, 0.05) is 22.8 Å². The minimum Gasteiger partial charge on any atom is -0.352 e. The smallest absolute Gasteiger partial charge is 0.251 e. The molecule has 1 aliphatic heterocycles. The lowest BCUT2D eigenvalue weighted by Crippen LogP contribution is -2.31. The van der Waals surface area contributed by atoms with E-state index in [1.54, 1.807) is 42.5 Å². The van der Waals surface area contributed by atoms with Gasteiger partial charge >= 0.3 is 0 Å². The van der Waals surface area contributed by atoms with Gasteiger partial charge in [-0.05, 0) is 41.8 Å². The zero-order valence-corrected chi connectivity index (χ0v) is 13.7. The molecule has 2 aromatic carbocycles. The molecule has 1 heterocycles. The number of anilines is 1. The maximum Gasteiger partial charge on any atom is 0.251 e. The molecule has 0 unspecified atom stereocenters. The molecule has 5 nitrogen and oxygen atoms in total. The van der Waals surface area contributed by atoms with E-state index >= 15 is 0 Å². The number of rotatable bonds is 4. The Labute approximate surface area is 139 Å². The molecule has 120 valence electrons. The summed E-state index contributed by atoms with van der Waals surface area (Å²) in [5, 5.41) is 3.30. The highest BCUT2D eigenvalue weighted by Crippen LogP contribution is 2.21. The highest BCUT2D eigenvalue weighted by Gasteiger charge is 2.18. The number of sulfonamides is 1. The Hall–Kier alpha value is -2.05. The van der Waals surface area contributed by atoms with Crippen LogP contribution in [0.1, 0.15) is 21.5 Å². The van der Waals surface area contributed by atoms with Crippen LogP contribution in [-0.2, 0) is 22.2 Å². The van der Waals surface area contributed by atoms with Crippen LogP contribution in [0.5, 0.6) is 0 Å². The van der Waals surface area contributed by atoms with Crippen LogP contribution in [-0.4, -0.2) is 20.9 Å². The van der Waals surface area contributed by atoms with Crippen LogP contribution in [0.15, 0.2) is 42.5 Å². The molecule has 1 amide bonds. The quantitative estimate of drug-likeness (QED) is 0.889. The molecule has 0 bridgehead atoms. The lowest BCUT2D eigenvalue weighted by molar-refractivity contribution is 0.0946. The summed E-state index contributed by atoms with van der Waals surface area (Å²) in [5.41, 5.74) is 2.46. The van der Waals surface area contributed by atoms with Crippen LogP contribution in [0.4, 0.5) is 5.69 Å². The largest absolute Gasteiger partial charge is 0.352 e. The molecule has 0 aliphatic carbocycles. The van der Waals surface area contributed by atoms with Crippen molar-refractivity contribution in [3.8, 4) is 0 Å². The highest BCUT2D eigenvalue weighted by molar-refractivity contribution is 7.91. The second-order valence-corrected chi connectivity index (χ2v) is 7.52. The van der Waals surface area contributed by atoms with Gasteiger partial charge in [0.05, 0.1) is 5.75 Å². The molecular weight excluding hydrogens is 336 g/mol. The third-order valence-electron chi connectivity index (χ3n) is 3.58. The molecule has 7 heteroatoms. The monoisotopic (exact) mass is 350 g/mol. The SMILES string of the molecule is O=C1NCCc2ccc(NS(=O)(=O)Cc3ccc(Cl)cc3)cc21. The van der Waals surface area contributed by atoms with E-state index in [0.717, 1.165) is 12.0 Å². The van der Waals surface area contributed by atoms with Crippen LogP contribution in [0.3, 0.4) is 0 Å². The van der Waals surface area contributed by atoms with E-state index in [-0.39, 0.29) is 11.7 Å². The molecule has 0 spiro atoms. The highest BCUT2D eigenvalue weighted by atomic mass is 35.5. The maximum absolute atomic E-state index is 12.3. The van der Waals surface area contributed by atoms with Gasteiger partial charge in [-0.25, -0.2) is 8.42 Å². The number of benzene rings is 2. The number of carbonyl (C=O) groups excluding carboxylic acids is 1. The van der Waals surface area contributed by atoms with E-state index in [1.165, 1.54) is 0 Å². The Kier molecular flexibility index (Phi) is 4.28. The molecular formula is C16H15ClN2O3S. The summed E-state index contributed by atoms with van der Waals surface area (Å²) in [7, 11) is -3.57. The van der Waals surface area contributed by atoms with Gasteiger partial charge in [0.15, 0.2) is 0 Å². The molecule has 0 atom stereocenters. The molecule has 0 saturated heterocycles. The molecule has 2 aromatic rings. The third kappa shape index (κ3) is 3.83. The van der Waals surface area contributed by atoms with E-state index in [1.807, 2.05) is 0 Å². The maximum atomic E-state index is 12.3. The van der Waals surface area contributed by atoms with Crippen molar-refractivity contribution >= 4 is 33.2 Å². The summed E-state index contributed by atoms with van der Waals surface area (Å²) in [5.74, 6) is -0.335. The fraction of sp³-hybridized carbons (Fsp3) is 0.188. The Morgan fingerprint density at radius 3 is 2.61 bits per heavy atom. The molecule has 3 rings (SSSR count). The standard InChI is InChI=1S/C16H15ClN2O3S/c17-13-4-1-11(2-5-13)10-23(21,22)19-14-6-3-12-7-8-18-16(20)15(12)9-14/h1-6,9,19H,7-8,10H2,(H,18,20). The molecule has 23 heavy (non-hydrogen) atoms. The summed E-state index contributed by atoms with van der Waals surface area (Å²) in [4.78, 5) is 11.8. The van der Waals surface area contributed by atoms with Crippen LogP contribution in [0, 0.1) is 0 Å². The van der Waals surface area contributed by atoms with Gasteiger partial charge in [0.1, 0.15) is 0 Å². The number of amides is 1. The second-order valence-electron chi connectivity index (χ2n) is 5.37. The Morgan fingerprint density at radius 1 is 1.13 bits per heavy atom. The number of hydrogen-bond donors (Lipinski definition) is 2. The van der Waals surface area contributed by atoms with Crippen molar-refractivity contribution in [1.82, 2.24) is 5.32 Å². The van der Waals surface area contributed by atoms with E-state index in [9.17, 15) is 13.2 Å². The summed E-state index contributed by atoms with van der Waals surface area (Å²) < 4.78 is 27.0. The summed E-state index contributed by atoms with van der Waals surface area (Å²) in [6.07, 6.45) is 0.749. The number of carbonyl (C=O) groups is 1. The van der Waals surface area contributed by atoms with Crippen LogP contribution >= 0.6 is 11.6 Å². The average Bonchev–Trinajstić information content (AvgIpc) is 2.50.